The van der Waals surface area contributed by atoms with E-state index in [1.807, 2.05) is 0 Å². The number of halogens is 2. The van der Waals surface area contributed by atoms with Gasteiger partial charge < -0.3 is 15.7 Å². The van der Waals surface area contributed by atoms with E-state index in [1.165, 1.54) is 18.2 Å². The Morgan fingerprint density at radius 2 is 2.00 bits per heavy atom. The Bertz CT molecular complexity index is 503. The van der Waals surface area contributed by atoms with Crippen LogP contribution in [0.15, 0.2) is 29.8 Å². The first-order chi connectivity index (χ1) is 8.38. The van der Waals surface area contributed by atoms with E-state index in [9.17, 15) is 9.59 Å². The van der Waals surface area contributed by atoms with Crippen LogP contribution >= 0.6 is 23.2 Å². The molecule has 0 aliphatic heterocycles. The van der Waals surface area contributed by atoms with Gasteiger partial charge in [0.1, 0.15) is 0 Å². The molecule has 1 aromatic carbocycles. The molecule has 0 fully saturated rings. The van der Waals surface area contributed by atoms with Gasteiger partial charge in [0, 0.05) is 15.7 Å². The molecule has 2 amide bonds. The van der Waals surface area contributed by atoms with E-state index in [2.05, 4.69) is 17.2 Å². The molecule has 0 aliphatic rings. The third-order valence-corrected chi connectivity index (χ3v) is 2.20. The van der Waals surface area contributed by atoms with Crippen molar-refractivity contribution < 1.29 is 14.7 Å². The Hall–Kier alpha value is -1.72. The summed E-state index contributed by atoms with van der Waals surface area (Å²) in [5, 5.41) is 14.2. The van der Waals surface area contributed by atoms with Gasteiger partial charge in [0.25, 0.3) is 0 Å². The van der Waals surface area contributed by atoms with Gasteiger partial charge in [-0.2, -0.15) is 0 Å². The molecule has 0 spiro atoms. The van der Waals surface area contributed by atoms with Crippen molar-refractivity contribution in [1.82, 2.24) is 5.32 Å². The number of amides is 2. The maximum atomic E-state index is 11.4. The normalized spacial score (nSPS) is 9.67. The number of aromatic carboxylic acids is 1. The number of rotatable bonds is 4. The van der Waals surface area contributed by atoms with Crippen LogP contribution in [0.5, 0.6) is 0 Å². The number of carboxylic acids is 1. The second-order valence-electron chi connectivity index (χ2n) is 3.36. The first-order valence-electron chi connectivity index (χ1n) is 4.80. The Balaban J connectivity index is 2.75. The van der Waals surface area contributed by atoms with Crippen LogP contribution < -0.4 is 10.6 Å². The van der Waals surface area contributed by atoms with Gasteiger partial charge in [0.2, 0.25) is 0 Å². The molecular weight excluding hydrogens is 279 g/mol. The van der Waals surface area contributed by atoms with E-state index in [4.69, 9.17) is 28.3 Å². The smallest absolute Gasteiger partial charge is 0.335 e. The second-order valence-corrected chi connectivity index (χ2v) is 4.33. The van der Waals surface area contributed by atoms with Gasteiger partial charge in [-0.25, -0.2) is 9.59 Å². The number of carbonyl (C=O) groups excluding carboxylic acids is 1. The molecule has 0 bridgehead atoms. The molecule has 0 atom stereocenters. The zero-order chi connectivity index (χ0) is 13.7. The molecule has 1 aromatic rings. The lowest BCUT2D eigenvalue weighted by Gasteiger charge is -2.08. The van der Waals surface area contributed by atoms with Gasteiger partial charge in [0.15, 0.2) is 0 Å². The number of anilines is 1. The van der Waals surface area contributed by atoms with E-state index in [1.54, 1.807) is 0 Å². The maximum absolute atomic E-state index is 11.4. The molecule has 0 aromatic heterocycles. The monoisotopic (exact) mass is 288 g/mol. The summed E-state index contributed by atoms with van der Waals surface area (Å²) in [6, 6.07) is 3.48. The van der Waals surface area contributed by atoms with Crippen LogP contribution in [-0.2, 0) is 0 Å². The Labute approximate surface area is 113 Å². The molecule has 0 saturated carbocycles. The highest BCUT2D eigenvalue weighted by molar-refractivity contribution is 6.31. The molecular formula is C11H10Cl2N2O3. The topological polar surface area (TPSA) is 78.4 Å². The summed E-state index contributed by atoms with van der Waals surface area (Å²) < 4.78 is 0. The van der Waals surface area contributed by atoms with E-state index < -0.39 is 12.0 Å². The highest BCUT2D eigenvalue weighted by atomic mass is 35.5. The summed E-state index contributed by atoms with van der Waals surface area (Å²) >= 11 is 11.2. The summed E-state index contributed by atoms with van der Waals surface area (Å²) in [5.74, 6) is -1.13. The SMILES string of the molecule is C=C(Cl)CNC(=O)Nc1cc(Cl)cc(C(=O)O)c1. The molecule has 7 heteroatoms. The molecule has 1 rings (SSSR count). The molecule has 0 saturated heterocycles. The molecule has 5 nitrogen and oxygen atoms in total. The van der Waals surface area contributed by atoms with Crippen molar-refractivity contribution in [3.8, 4) is 0 Å². The Morgan fingerprint density at radius 3 is 2.56 bits per heavy atom. The quantitative estimate of drug-likeness (QED) is 0.797. The zero-order valence-corrected chi connectivity index (χ0v) is 10.7. The van der Waals surface area contributed by atoms with Crippen molar-refractivity contribution in [2.75, 3.05) is 11.9 Å². The minimum Gasteiger partial charge on any atom is -0.478 e. The van der Waals surface area contributed by atoms with Crippen molar-refractivity contribution in [1.29, 1.82) is 0 Å². The summed E-state index contributed by atoms with van der Waals surface area (Å²) in [5.41, 5.74) is 0.261. The van der Waals surface area contributed by atoms with Gasteiger partial charge in [-0.05, 0) is 18.2 Å². The molecule has 0 aliphatic carbocycles. The Kier molecular flexibility index (Phi) is 5.00. The van der Waals surface area contributed by atoms with Gasteiger partial charge in [0.05, 0.1) is 12.1 Å². The fourth-order valence-electron chi connectivity index (χ4n) is 1.14. The number of hydrogen-bond donors (Lipinski definition) is 3. The summed E-state index contributed by atoms with van der Waals surface area (Å²) in [7, 11) is 0. The van der Waals surface area contributed by atoms with Crippen molar-refractivity contribution in [3.63, 3.8) is 0 Å². The number of carboxylic acid groups (broad SMARTS) is 1. The molecule has 96 valence electrons. The number of carbonyl (C=O) groups is 2. The van der Waals surface area contributed by atoms with E-state index >= 15 is 0 Å². The number of nitrogens with one attached hydrogen (secondary N) is 2. The van der Waals surface area contributed by atoms with Crippen LogP contribution in [0, 0.1) is 0 Å². The molecule has 0 heterocycles. The average molecular weight is 289 g/mol. The zero-order valence-electron chi connectivity index (χ0n) is 9.17. The summed E-state index contributed by atoms with van der Waals surface area (Å²) in [4.78, 5) is 22.2. The minimum atomic E-state index is -1.13. The van der Waals surface area contributed by atoms with Crippen LogP contribution in [-0.4, -0.2) is 23.7 Å². The summed E-state index contributed by atoms with van der Waals surface area (Å²) in [6.45, 7) is 3.52. The Morgan fingerprint density at radius 1 is 1.33 bits per heavy atom. The van der Waals surface area contributed by atoms with Crippen LogP contribution in [0.3, 0.4) is 0 Å². The molecule has 18 heavy (non-hydrogen) atoms. The van der Waals surface area contributed by atoms with Gasteiger partial charge >= 0.3 is 12.0 Å². The minimum absolute atomic E-state index is 0.0143. The second kappa shape index (κ2) is 6.28. The third kappa shape index (κ3) is 4.65. The lowest BCUT2D eigenvalue weighted by Crippen LogP contribution is -2.29. The highest BCUT2D eigenvalue weighted by Crippen LogP contribution is 2.19. The first kappa shape index (κ1) is 14.3. The van der Waals surface area contributed by atoms with Crippen LogP contribution in [0.4, 0.5) is 10.5 Å². The first-order valence-corrected chi connectivity index (χ1v) is 5.56. The van der Waals surface area contributed by atoms with Crippen molar-refractivity contribution >= 4 is 40.9 Å². The standard InChI is InChI=1S/C11H10Cl2N2O3/c1-6(12)5-14-11(18)15-9-3-7(10(16)17)2-8(13)4-9/h2-4H,1,5H2,(H,16,17)(H2,14,15,18). The predicted octanol–water partition coefficient (Wildman–Crippen LogP) is 2.91. The van der Waals surface area contributed by atoms with Crippen LogP contribution in [0.2, 0.25) is 5.02 Å². The molecule has 0 unspecified atom stereocenters. The van der Waals surface area contributed by atoms with Crippen molar-refractivity contribution in [2.24, 2.45) is 0 Å². The highest BCUT2D eigenvalue weighted by Gasteiger charge is 2.08. The lowest BCUT2D eigenvalue weighted by atomic mass is 10.2. The largest absolute Gasteiger partial charge is 0.478 e. The number of hydrogen-bond acceptors (Lipinski definition) is 2. The maximum Gasteiger partial charge on any atom is 0.335 e. The van der Waals surface area contributed by atoms with Crippen molar-refractivity contribution in [2.45, 2.75) is 0 Å². The van der Waals surface area contributed by atoms with Crippen molar-refractivity contribution in [3.05, 3.63) is 40.4 Å². The number of benzene rings is 1. The fraction of sp³-hybridized carbons (Fsp3) is 0.0909. The molecule has 0 radical (unpaired) electrons. The van der Waals surface area contributed by atoms with Gasteiger partial charge in [-0.15, -0.1) is 0 Å². The summed E-state index contributed by atoms with van der Waals surface area (Å²) in [6.07, 6.45) is 0. The van der Waals surface area contributed by atoms with Crippen LogP contribution in [0.25, 0.3) is 0 Å². The third-order valence-electron chi connectivity index (χ3n) is 1.84. The fourth-order valence-corrected chi connectivity index (χ4v) is 1.44. The van der Waals surface area contributed by atoms with Crippen LogP contribution in [0.1, 0.15) is 10.4 Å². The lowest BCUT2D eigenvalue weighted by molar-refractivity contribution is 0.0697. The van der Waals surface area contributed by atoms with E-state index in [-0.39, 0.29) is 27.9 Å². The molecule has 3 N–H and O–H groups in total. The van der Waals surface area contributed by atoms with E-state index in [0.717, 1.165) is 0 Å². The van der Waals surface area contributed by atoms with E-state index in [0.29, 0.717) is 0 Å². The predicted molar refractivity (Wildman–Crippen MR) is 70.4 cm³/mol. The van der Waals surface area contributed by atoms with Gasteiger partial charge in [-0.1, -0.05) is 29.8 Å². The number of urea groups is 1. The van der Waals surface area contributed by atoms with Gasteiger partial charge in [-0.3, -0.25) is 0 Å². The average Bonchev–Trinajstić information content (AvgIpc) is 2.25.